The van der Waals surface area contributed by atoms with E-state index in [-0.39, 0.29) is 11.9 Å². The number of ether oxygens (including phenoxy) is 3. The van der Waals surface area contributed by atoms with E-state index in [2.05, 4.69) is 32.6 Å². The van der Waals surface area contributed by atoms with Gasteiger partial charge in [0.2, 0.25) is 0 Å². The first-order chi connectivity index (χ1) is 16.3. The van der Waals surface area contributed by atoms with Crippen LogP contribution in [0.25, 0.3) is 0 Å². The van der Waals surface area contributed by atoms with Crippen LogP contribution in [0.3, 0.4) is 0 Å². The third-order valence-electron chi connectivity index (χ3n) is 12.3. The van der Waals surface area contributed by atoms with Crippen molar-refractivity contribution < 1.29 is 19.3 Å². The first-order valence-corrected chi connectivity index (χ1v) is 14.6. The number of fused-ring (bicyclic) bond motifs is 5. The molecular weight excluding hydrogens is 426 g/mol. The van der Waals surface area contributed by atoms with Crippen LogP contribution in [-0.2, 0) is 14.2 Å². The lowest BCUT2D eigenvalue weighted by Crippen LogP contribution is -2.61. The Morgan fingerprint density at radius 3 is 2.44 bits per heavy atom. The maximum absolute atomic E-state index is 11.3. The van der Waals surface area contributed by atoms with Gasteiger partial charge in [-0.25, -0.2) is 0 Å². The van der Waals surface area contributed by atoms with Gasteiger partial charge >= 0.3 is 0 Å². The molecule has 5 nitrogen and oxygen atoms in total. The van der Waals surface area contributed by atoms with Crippen LogP contribution in [0.5, 0.6) is 0 Å². The largest absolute Gasteiger partial charge is 0.391 e. The number of aliphatic hydroxyl groups is 1. The van der Waals surface area contributed by atoms with E-state index in [9.17, 15) is 5.11 Å². The summed E-state index contributed by atoms with van der Waals surface area (Å²) in [6, 6.07) is 0.307. The van der Waals surface area contributed by atoms with Crippen LogP contribution in [0.2, 0.25) is 0 Å². The maximum Gasteiger partial charge on any atom is 0.169 e. The summed E-state index contributed by atoms with van der Waals surface area (Å²) in [6.07, 6.45) is 11.3. The number of nitrogens with zero attached hydrogens (tertiary/aromatic N) is 1. The molecule has 0 unspecified atom stereocenters. The monoisotopic (exact) mass is 475 g/mol. The number of hydrogen-bond donors (Lipinski definition) is 1. The molecule has 0 aromatic carbocycles. The van der Waals surface area contributed by atoms with Gasteiger partial charge in [0.25, 0.3) is 0 Å². The highest BCUT2D eigenvalue weighted by atomic mass is 16.7. The molecule has 4 aliphatic carbocycles. The van der Waals surface area contributed by atoms with Gasteiger partial charge in [0.1, 0.15) is 0 Å². The fourth-order valence-electron chi connectivity index (χ4n) is 10.5. The second-order valence-electron chi connectivity index (χ2n) is 13.5. The lowest BCUT2D eigenvalue weighted by Gasteiger charge is -2.63. The second-order valence-corrected chi connectivity index (χ2v) is 13.5. The summed E-state index contributed by atoms with van der Waals surface area (Å²) in [6.45, 7) is 14.0. The third kappa shape index (κ3) is 3.58. The number of hydrogen-bond acceptors (Lipinski definition) is 5. The Bertz CT molecular complexity index is 754. The number of rotatable bonds is 3. The minimum absolute atomic E-state index is 0.174. The van der Waals surface area contributed by atoms with Gasteiger partial charge in [-0.15, -0.1) is 0 Å². The van der Waals surface area contributed by atoms with E-state index >= 15 is 0 Å². The smallest absolute Gasteiger partial charge is 0.169 e. The summed E-state index contributed by atoms with van der Waals surface area (Å²) in [5.41, 5.74) is 0.700. The van der Waals surface area contributed by atoms with E-state index in [4.69, 9.17) is 14.2 Å². The third-order valence-corrected chi connectivity index (χ3v) is 12.3. The molecule has 0 aromatic heterocycles. The van der Waals surface area contributed by atoms with Gasteiger partial charge in [0.05, 0.1) is 32.0 Å². The number of aliphatic hydroxyl groups excluding tert-OH is 1. The molecule has 1 N–H and O–H groups in total. The van der Waals surface area contributed by atoms with E-state index < -0.39 is 0 Å². The Balaban J connectivity index is 1.23. The van der Waals surface area contributed by atoms with Crippen molar-refractivity contribution in [3.05, 3.63) is 0 Å². The SMILES string of the molecule is CC[C@@H]1CN([C@H]2C[C@@]3(C)[C@@H](CC[C@@H]4[C@@H]3CC[C@]3(C)[C@@H](C5(C)OCCO5)CC[C@@H]43)C[C@@H]2O)CCO1. The molecule has 10 atom stereocenters. The summed E-state index contributed by atoms with van der Waals surface area (Å²) in [5, 5.41) is 11.3. The predicted octanol–water partition coefficient (Wildman–Crippen LogP) is 4.86. The van der Waals surface area contributed by atoms with E-state index in [1.165, 1.54) is 44.9 Å². The molecule has 2 saturated heterocycles. The topological polar surface area (TPSA) is 51.2 Å². The summed E-state index contributed by atoms with van der Waals surface area (Å²) in [4.78, 5) is 2.60. The molecule has 4 saturated carbocycles. The maximum atomic E-state index is 11.3. The Morgan fingerprint density at radius 2 is 1.68 bits per heavy atom. The zero-order chi connectivity index (χ0) is 23.7. The van der Waals surface area contributed by atoms with Crippen LogP contribution in [0, 0.1) is 40.4 Å². The standard InChI is InChI=1S/C29H49NO4/c1-5-20-18-30(12-13-32-20)24-17-28(3)19(16-25(24)31)6-7-21-22-8-9-26(29(4)33-14-15-34-29)27(22,2)11-10-23(21)28/h19-26,31H,5-18H2,1-4H3/t19-,20+,21-,22-,23-,24-,25-,26-,27-,28-/m0/s1. The first-order valence-electron chi connectivity index (χ1n) is 14.6. The van der Waals surface area contributed by atoms with Gasteiger partial charge < -0.3 is 19.3 Å². The molecule has 6 rings (SSSR count). The van der Waals surface area contributed by atoms with Crippen molar-refractivity contribution in [2.45, 2.75) is 110 Å². The van der Waals surface area contributed by atoms with Gasteiger partial charge in [-0.1, -0.05) is 20.8 Å². The molecule has 34 heavy (non-hydrogen) atoms. The van der Waals surface area contributed by atoms with Crippen molar-refractivity contribution in [2.24, 2.45) is 40.4 Å². The van der Waals surface area contributed by atoms with E-state index in [1.54, 1.807) is 0 Å². The molecule has 6 fully saturated rings. The van der Waals surface area contributed by atoms with Gasteiger partial charge in [0.15, 0.2) is 5.79 Å². The van der Waals surface area contributed by atoms with Crippen molar-refractivity contribution in [3.63, 3.8) is 0 Å². The summed E-state index contributed by atoms with van der Waals surface area (Å²) < 4.78 is 18.4. The molecule has 0 spiro atoms. The zero-order valence-electron chi connectivity index (χ0n) is 22.1. The van der Waals surface area contributed by atoms with Crippen LogP contribution in [-0.4, -0.2) is 67.0 Å². The molecule has 2 aliphatic heterocycles. The van der Waals surface area contributed by atoms with Crippen molar-refractivity contribution in [1.29, 1.82) is 0 Å². The molecule has 0 bridgehead atoms. The first kappa shape index (κ1) is 24.2. The molecule has 0 aromatic rings. The summed E-state index contributed by atoms with van der Waals surface area (Å²) >= 11 is 0. The van der Waals surface area contributed by atoms with Crippen molar-refractivity contribution in [2.75, 3.05) is 32.9 Å². The van der Waals surface area contributed by atoms with E-state index in [0.29, 0.717) is 34.8 Å². The highest BCUT2D eigenvalue weighted by molar-refractivity contribution is 5.12. The fraction of sp³-hybridized carbons (Fsp3) is 1.00. The Morgan fingerprint density at radius 1 is 0.912 bits per heavy atom. The average Bonchev–Trinajstić information content (AvgIpc) is 3.43. The minimum Gasteiger partial charge on any atom is -0.391 e. The fourth-order valence-corrected chi connectivity index (χ4v) is 10.5. The van der Waals surface area contributed by atoms with Gasteiger partial charge in [-0.2, -0.15) is 0 Å². The summed E-state index contributed by atoms with van der Waals surface area (Å²) in [5.74, 6) is 3.28. The lowest BCUT2D eigenvalue weighted by molar-refractivity contribution is -0.220. The van der Waals surface area contributed by atoms with E-state index in [0.717, 1.165) is 63.5 Å². The average molecular weight is 476 g/mol. The lowest BCUT2D eigenvalue weighted by atomic mass is 9.44. The Labute approximate surface area is 207 Å². The van der Waals surface area contributed by atoms with Crippen LogP contribution in [0.15, 0.2) is 0 Å². The molecule has 0 radical (unpaired) electrons. The van der Waals surface area contributed by atoms with Crippen LogP contribution < -0.4 is 0 Å². The predicted molar refractivity (Wildman–Crippen MR) is 132 cm³/mol. The van der Waals surface area contributed by atoms with Gasteiger partial charge in [-0.3, -0.25) is 4.90 Å². The molecule has 0 amide bonds. The number of morpholine rings is 1. The normalized spacial score (nSPS) is 53.2. The minimum atomic E-state index is -0.371. The van der Waals surface area contributed by atoms with Crippen molar-refractivity contribution in [1.82, 2.24) is 4.90 Å². The Hall–Kier alpha value is -0.200. The highest BCUT2D eigenvalue weighted by Gasteiger charge is 2.64. The van der Waals surface area contributed by atoms with Crippen LogP contribution in [0.1, 0.15) is 85.5 Å². The Kier molecular flexibility index (Phi) is 6.17. The quantitative estimate of drug-likeness (QED) is 0.632. The molecular formula is C29H49NO4. The van der Waals surface area contributed by atoms with Crippen molar-refractivity contribution in [3.8, 4) is 0 Å². The zero-order valence-corrected chi connectivity index (χ0v) is 22.1. The second kappa shape index (κ2) is 8.68. The van der Waals surface area contributed by atoms with E-state index in [1.807, 2.05) is 0 Å². The van der Waals surface area contributed by atoms with Gasteiger partial charge in [-0.05, 0) is 99.2 Å². The molecule has 194 valence electrons. The molecule has 5 heteroatoms. The summed E-state index contributed by atoms with van der Waals surface area (Å²) in [7, 11) is 0. The molecule has 6 aliphatic rings. The van der Waals surface area contributed by atoms with Gasteiger partial charge in [0, 0.05) is 25.0 Å². The van der Waals surface area contributed by atoms with Crippen molar-refractivity contribution >= 4 is 0 Å². The highest BCUT2D eigenvalue weighted by Crippen LogP contribution is 2.69. The van der Waals surface area contributed by atoms with Crippen LogP contribution in [0.4, 0.5) is 0 Å². The van der Waals surface area contributed by atoms with Crippen LogP contribution >= 0.6 is 0 Å². The molecule has 2 heterocycles.